The highest BCUT2D eigenvalue weighted by Gasteiger charge is 2.25. The molecule has 0 aliphatic carbocycles. The highest BCUT2D eigenvalue weighted by Crippen LogP contribution is 2.26. The highest BCUT2D eigenvalue weighted by molar-refractivity contribution is 6.12. The zero-order valence-corrected chi connectivity index (χ0v) is 17.0. The van der Waals surface area contributed by atoms with Crippen LogP contribution in [0.4, 0.5) is 0 Å². The van der Waals surface area contributed by atoms with Crippen LogP contribution in [0.15, 0.2) is 59.2 Å². The van der Waals surface area contributed by atoms with Gasteiger partial charge in [-0.2, -0.15) is 0 Å². The van der Waals surface area contributed by atoms with Crippen molar-refractivity contribution in [1.29, 1.82) is 0 Å². The van der Waals surface area contributed by atoms with Crippen molar-refractivity contribution in [3.8, 4) is 5.75 Å². The molecule has 3 rings (SSSR count). The summed E-state index contributed by atoms with van der Waals surface area (Å²) in [7, 11) is 0. The Balaban J connectivity index is 1.84. The van der Waals surface area contributed by atoms with Gasteiger partial charge in [0.1, 0.15) is 5.75 Å². The molecule has 146 valence electrons. The van der Waals surface area contributed by atoms with Crippen molar-refractivity contribution < 1.29 is 14.3 Å². The van der Waals surface area contributed by atoms with Crippen LogP contribution in [-0.4, -0.2) is 18.5 Å². The molecule has 0 fully saturated rings. The first-order valence-electron chi connectivity index (χ1n) is 9.74. The third-order valence-corrected chi connectivity index (χ3v) is 4.59. The van der Waals surface area contributed by atoms with Gasteiger partial charge < -0.3 is 9.47 Å². The monoisotopic (exact) mass is 377 g/mol. The lowest BCUT2D eigenvalue weighted by Crippen LogP contribution is -2.11. The molecule has 0 radical (unpaired) electrons. The molecule has 4 nitrogen and oxygen atoms in total. The van der Waals surface area contributed by atoms with Crippen LogP contribution in [0.3, 0.4) is 0 Å². The van der Waals surface area contributed by atoms with Crippen LogP contribution in [-0.2, 0) is 14.9 Å². The van der Waals surface area contributed by atoms with Crippen LogP contribution >= 0.6 is 0 Å². The number of benzene rings is 2. The van der Waals surface area contributed by atoms with Crippen molar-refractivity contribution in [2.75, 3.05) is 6.61 Å². The fourth-order valence-corrected chi connectivity index (χ4v) is 2.85. The second kappa shape index (κ2) is 8.42. The van der Waals surface area contributed by atoms with Gasteiger partial charge in [-0.25, -0.2) is 9.79 Å². The topological polar surface area (TPSA) is 47.9 Å². The molecule has 2 aromatic carbocycles. The van der Waals surface area contributed by atoms with Crippen molar-refractivity contribution in [1.82, 2.24) is 0 Å². The second-order valence-electron chi connectivity index (χ2n) is 7.90. The number of esters is 1. The Bertz CT molecular complexity index is 902. The van der Waals surface area contributed by atoms with E-state index in [4.69, 9.17) is 9.47 Å². The number of unbranched alkanes of at least 4 members (excludes halogenated alkanes) is 1. The SMILES string of the molecule is CCCCOc1ccccc1/C=C1\N=C(c2ccc(C(C)(C)C)cc2)OC1=O. The first-order valence-corrected chi connectivity index (χ1v) is 9.74. The maximum atomic E-state index is 12.3. The van der Waals surface area contributed by atoms with E-state index in [-0.39, 0.29) is 11.1 Å². The van der Waals surface area contributed by atoms with Crippen LogP contribution in [0.25, 0.3) is 6.08 Å². The van der Waals surface area contributed by atoms with Gasteiger partial charge in [0.15, 0.2) is 5.70 Å². The molecule has 0 atom stereocenters. The number of rotatable bonds is 6. The van der Waals surface area contributed by atoms with E-state index in [0.717, 1.165) is 29.7 Å². The largest absolute Gasteiger partial charge is 0.493 e. The Kier molecular flexibility index (Phi) is 5.98. The van der Waals surface area contributed by atoms with Gasteiger partial charge in [0.2, 0.25) is 5.90 Å². The van der Waals surface area contributed by atoms with Crippen molar-refractivity contribution in [3.05, 3.63) is 70.9 Å². The van der Waals surface area contributed by atoms with E-state index >= 15 is 0 Å². The van der Waals surface area contributed by atoms with Crippen LogP contribution in [0.1, 0.15) is 57.2 Å². The Labute approximate surface area is 166 Å². The lowest BCUT2D eigenvalue weighted by Gasteiger charge is -2.18. The molecule has 0 bridgehead atoms. The molecule has 1 heterocycles. The molecule has 0 aromatic heterocycles. The third-order valence-electron chi connectivity index (χ3n) is 4.59. The normalized spacial score (nSPS) is 15.5. The zero-order valence-electron chi connectivity index (χ0n) is 17.0. The van der Waals surface area contributed by atoms with Gasteiger partial charge in [-0.1, -0.05) is 64.4 Å². The van der Waals surface area contributed by atoms with Gasteiger partial charge in [0, 0.05) is 11.1 Å². The number of nitrogens with zero attached hydrogens (tertiary/aromatic N) is 1. The van der Waals surface area contributed by atoms with Crippen LogP contribution in [0.5, 0.6) is 5.75 Å². The summed E-state index contributed by atoms with van der Waals surface area (Å²) in [5, 5.41) is 0. The maximum Gasteiger partial charge on any atom is 0.363 e. The molecule has 2 aromatic rings. The summed E-state index contributed by atoms with van der Waals surface area (Å²) < 4.78 is 11.2. The Morgan fingerprint density at radius 1 is 1.07 bits per heavy atom. The van der Waals surface area contributed by atoms with Crippen LogP contribution in [0, 0.1) is 0 Å². The van der Waals surface area contributed by atoms with Gasteiger partial charge in [-0.05, 0) is 41.7 Å². The fourth-order valence-electron chi connectivity index (χ4n) is 2.85. The van der Waals surface area contributed by atoms with Gasteiger partial charge in [0.05, 0.1) is 6.61 Å². The number of aliphatic imine (C=N–C) groups is 1. The number of hydrogen-bond acceptors (Lipinski definition) is 4. The maximum absolute atomic E-state index is 12.3. The second-order valence-corrected chi connectivity index (χ2v) is 7.90. The first-order chi connectivity index (χ1) is 13.4. The summed E-state index contributed by atoms with van der Waals surface area (Å²) in [6.45, 7) is 9.26. The first kappa shape index (κ1) is 19.9. The average molecular weight is 377 g/mol. The molecule has 28 heavy (non-hydrogen) atoms. The zero-order chi connectivity index (χ0) is 20.1. The van der Waals surface area contributed by atoms with E-state index in [0.29, 0.717) is 12.5 Å². The number of hydrogen-bond donors (Lipinski definition) is 0. The van der Waals surface area contributed by atoms with Crippen molar-refractivity contribution in [3.63, 3.8) is 0 Å². The summed E-state index contributed by atoms with van der Waals surface area (Å²) in [5.74, 6) is 0.633. The molecule has 1 aliphatic rings. The highest BCUT2D eigenvalue weighted by atomic mass is 16.6. The summed E-state index contributed by atoms with van der Waals surface area (Å²) in [4.78, 5) is 16.7. The summed E-state index contributed by atoms with van der Waals surface area (Å²) >= 11 is 0. The van der Waals surface area contributed by atoms with Crippen molar-refractivity contribution in [2.24, 2.45) is 4.99 Å². The lowest BCUT2D eigenvalue weighted by molar-refractivity contribution is -0.129. The number of carbonyl (C=O) groups is 1. The van der Waals surface area contributed by atoms with Crippen molar-refractivity contribution in [2.45, 2.75) is 46.0 Å². The Hall–Kier alpha value is -2.88. The minimum Gasteiger partial charge on any atom is -0.493 e. The van der Waals surface area contributed by atoms with Gasteiger partial charge in [-0.15, -0.1) is 0 Å². The lowest BCUT2D eigenvalue weighted by atomic mass is 9.87. The molecule has 0 saturated heterocycles. The minimum absolute atomic E-state index is 0.0687. The molecule has 1 aliphatic heterocycles. The Morgan fingerprint density at radius 3 is 2.46 bits per heavy atom. The van der Waals surface area contributed by atoms with Gasteiger partial charge in [0.25, 0.3) is 0 Å². The standard InChI is InChI=1S/C24H27NO3/c1-5-6-15-27-21-10-8-7-9-18(21)16-20-23(26)28-22(25-20)17-11-13-19(14-12-17)24(2,3)4/h7-14,16H,5-6,15H2,1-4H3/b20-16-. The van der Waals surface area contributed by atoms with E-state index < -0.39 is 5.97 Å². The molecule has 0 saturated carbocycles. The van der Waals surface area contributed by atoms with Gasteiger partial charge in [-0.3, -0.25) is 0 Å². The van der Waals surface area contributed by atoms with Crippen LogP contribution in [0.2, 0.25) is 0 Å². The van der Waals surface area contributed by atoms with Crippen LogP contribution < -0.4 is 4.74 Å². The summed E-state index contributed by atoms with van der Waals surface area (Å²) in [6.07, 6.45) is 3.77. The molecule has 0 unspecified atom stereocenters. The Morgan fingerprint density at radius 2 is 1.79 bits per heavy atom. The van der Waals surface area contributed by atoms with E-state index in [1.54, 1.807) is 6.08 Å². The van der Waals surface area contributed by atoms with E-state index in [1.807, 2.05) is 48.5 Å². The molecular weight excluding hydrogens is 350 g/mol. The summed E-state index contributed by atoms with van der Waals surface area (Å²) in [5.41, 5.74) is 3.17. The smallest absolute Gasteiger partial charge is 0.363 e. The quantitative estimate of drug-likeness (QED) is 0.379. The van der Waals surface area contributed by atoms with Gasteiger partial charge >= 0.3 is 5.97 Å². The van der Waals surface area contributed by atoms with Crippen molar-refractivity contribution >= 4 is 17.9 Å². The van der Waals surface area contributed by atoms with E-state index in [9.17, 15) is 4.79 Å². The average Bonchev–Trinajstić information content (AvgIpc) is 3.03. The third kappa shape index (κ3) is 4.69. The molecule has 4 heteroatoms. The van der Waals surface area contributed by atoms with E-state index in [1.165, 1.54) is 5.56 Å². The molecule has 0 amide bonds. The van der Waals surface area contributed by atoms with E-state index in [2.05, 4.69) is 32.7 Å². The number of cyclic esters (lactones) is 1. The molecule has 0 N–H and O–H groups in total. The number of carbonyl (C=O) groups excluding carboxylic acids is 1. The fraction of sp³-hybridized carbons (Fsp3) is 0.333. The predicted molar refractivity (Wildman–Crippen MR) is 113 cm³/mol. The summed E-state index contributed by atoms with van der Waals surface area (Å²) in [6, 6.07) is 15.6. The minimum atomic E-state index is -0.446. The molecular formula is C24H27NO3. The predicted octanol–water partition coefficient (Wildman–Crippen LogP) is 5.51. The molecule has 0 spiro atoms. The number of ether oxygens (including phenoxy) is 2. The number of para-hydroxylation sites is 1.